The molecule has 0 aliphatic heterocycles. The van der Waals surface area contributed by atoms with Crippen molar-refractivity contribution in [2.45, 2.75) is 44.9 Å². The van der Waals surface area contributed by atoms with Gasteiger partial charge in [-0.05, 0) is 65.3 Å². The molecule has 0 amide bonds. The third-order valence-electron chi connectivity index (χ3n) is 5.89. The van der Waals surface area contributed by atoms with Gasteiger partial charge in [0.05, 0.1) is 5.69 Å². The van der Waals surface area contributed by atoms with E-state index >= 15 is 0 Å². The number of nitrogens with zero attached hydrogens (tertiary/aromatic N) is 2. The van der Waals surface area contributed by atoms with E-state index in [-0.39, 0.29) is 0 Å². The highest BCUT2D eigenvalue weighted by Crippen LogP contribution is 2.38. The Kier molecular flexibility index (Phi) is 3.74. The average molecular weight is 341 g/mol. The van der Waals surface area contributed by atoms with Gasteiger partial charge in [-0.2, -0.15) is 5.10 Å². The Morgan fingerprint density at radius 2 is 1.92 bits per heavy atom. The lowest BCUT2D eigenvalue weighted by atomic mass is 9.89. The monoisotopic (exact) mass is 341 g/mol. The molecule has 0 unspecified atom stereocenters. The lowest BCUT2D eigenvalue weighted by molar-refractivity contribution is 0.729. The number of H-pyrrole nitrogens is 1. The largest absolute Gasteiger partial charge is 0.279 e. The first kappa shape index (κ1) is 15.6. The van der Waals surface area contributed by atoms with E-state index in [1.165, 1.54) is 53.1 Å². The van der Waals surface area contributed by atoms with E-state index in [9.17, 15) is 0 Å². The lowest BCUT2D eigenvalue weighted by Gasteiger charge is -2.16. The van der Waals surface area contributed by atoms with Gasteiger partial charge in [0, 0.05) is 12.6 Å². The zero-order valence-corrected chi connectivity index (χ0v) is 15.1. The summed E-state index contributed by atoms with van der Waals surface area (Å²) in [6.07, 6.45) is 8.07. The van der Waals surface area contributed by atoms with Gasteiger partial charge >= 0.3 is 0 Å². The highest BCUT2D eigenvalue weighted by Gasteiger charge is 2.19. The van der Waals surface area contributed by atoms with E-state index in [0.29, 0.717) is 0 Å². The molecule has 1 fully saturated rings. The molecule has 3 heteroatoms. The Bertz CT molecular complexity index is 1090. The van der Waals surface area contributed by atoms with Crippen LogP contribution in [-0.4, -0.2) is 15.2 Å². The summed E-state index contributed by atoms with van der Waals surface area (Å²) in [4.78, 5) is 4.50. The van der Waals surface area contributed by atoms with Crippen LogP contribution in [-0.2, 0) is 6.42 Å². The molecule has 2 heterocycles. The molecule has 1 aliphatic carbocycles. The predicted molar refractivity (Wildman–Crippen MR) is 107 cm³/mol. The second-order valence-corrected chi connectivity index (χ2v) is 7.58. The van der Waals surface area contributed by atoms with E-state index in [1.807, 2.05) is 18.3 Å². The number of aromatic nitrogens is 3. The van der Waals surface area contributed by atoms with Crippen LogP contribution in [0.2, 0.25) is 0 Å². The van der Waals surface area contributed by atoms with Crippen molar-refractivity contribution in [1.29, 1.82) is 0 Å². The van der Waals surface area contributed by atoms with Gasteiger partial charge in [0.15, 0.2) is 0 Å². The molecule has 26 heavy (non-hydrogen) atoms. The molecule has 5 rings (SSSR count). The number of fused-ring (bicyclic) bond motifs is 2. The fourth-order valence-corrected chi connectivity index (χ4v) is 4.50. The normalized spacial score (nSPS) is 15.3. The molecule has 0 atom stereocenters. The number of aryl methyl sites for hydroxylation is 1. The van der Waals surface area contributed by atoms with E-state index < -0.39 is 0 Å². The minimum atomic E-state index is 0.725. The Balaban J connectivity index is 1.59. The average Bonchev–Trinajstić information content (AvgIpc) is 3.33. The van der Waals surface area contributed by atoms with E-state index in [4.69, 9.17) is 0 Å². The van der Waals surface area contributed by atoms with Crippen LogP contribution < -0.4 is 0 Å². The first-order chi connectivity index (χ1) is 12.8. The maximum atomic E-state index is 4.50. The van der Waals surface area contributed by atoms with Crippen LogP contribution >= 0.6 is 0 Å². The molecular formula is C23H23N3. The minimum Gasteiger partial charge on any atom is -0.279 e. The van der Waals surface area contributed by atoms with Crippen molar-refractivity contribution in [2.75, 3.05) is 0 Å². The van der Waals surface area contributed by atoms with Gasteiger partial charge in [0.25, 0.3) is 0 Å². The SMILES string of the molecule is Cc1ccc(C2CCCC2)c2cc(Cc3[nH]nc4cccnc34)ccc12. The van der Waals surface area contributed by atoms with Crippen molar-refractivity contribution in [3.8, 4) is 0 Å². The van der Waals surface area contributed by atoms with Gasteiger partial charge < -0.3 is 0 Å². The summed E-state index contributed by atoms with van der Waals surface area (Å²) in [7, 11) is 0. The van der Waals surface area contributed by atoms with Crippen molar-refractivity contribution < 1.29 is 0 Å². The first-order valence-corrected chi connectivity index (χ1v) is 9.60. The van der Waals surface area contributed by atoms with Gasteiger partial charge in [0.2, 0.25) is 0 Å². The number of pyridine rings is 1. The predicted octanol–water partition coefficient (Wildman–Crippen LogP) is 5.67. The third kappa shape index (κ3) is 2.59. The van der Waals surface area contributed by atoms with Gasteiger partial charge in [-0.25, -0.2) is 0 Å². The van der Waals surface area contributed by atoms with E-state index in [0.717, 1.165) is 29.1 Å². The minimum absolute atomic E-state index is 0.725. The molecule has 1 aliphatic rings. The van der Waals surface area contributed by atoms with Crippen LogP contribution in [0.5, 0.6) is 0 Å². The molecule has 4 aromatic rings. The first-order valence-electron chi connectivity index (χ1n) is 9.60. The molecule has 2 aromatic carbocycles. The number of benzene rings is 2. The Morgan fingerprint density at radius 3 is 2.81 bits per heavy atom. The molecule has 0 spiro atoms. The number of nitrogens with one attached hydrogen (secondary N) is 1. The van der Waals surface area contributed by atoms with Crippen molar-refractivity contribution in [2.24, 2.45) is 0 Å². The van der Waals surface area contributed by atoms with Gasteiger partial charge in [-0.1, -0.05) is 43.2 Å². The van der Waals surface area contributed by atoms with Crippen LogP contribution in [0.25, 0.3) is 21.8 Å². The van der Waals surface area contributed by atoms with Crippen LogP contribution in [0.15, 0.2) is 48.7 Å². The molecule has 0 bridgehead atoms. The molecular weight excluding hydrogens is 318 g/mol. The lowest BCUT2D eigenvalue weighted by Crippen LogP contribution is -1.97. The Hall–Kier alpha value is -2.68. The van der Waals surface area contributed by atoms with Crippen LogP contribution in [0.1, 0.15) is 54.0 Å². The van der Waals surface area contributed by atoms with Crippen molar-refractivity contribution in [3.05, 3.63) is 71.0 Å². The van der Waals surface area contributed by atoms with Crippen molar-refractivity contribution in [1.82, 2.24) is 15.2 Å². The van der Waals surface area contributed by atoms with Crippen LogP contribution in [0, 0.1) is 6.92 Å². The molecule has 1 saturated carbocycles. The van der Waals surface area contributed by atoms with Gasteiger partial charge in [0.1, 0.15) is 11.0 Å². The number of hydrogen-bond donors (Lipinski definition) is 1. The Labute approximate surface area is 153 Å². The topological polar surface area (TPSA) is 41.6 Å². The van der Waals surface area contributed by atoms with Gasteiger partial charge in [-0.3, -0.25) is 10.1 Å². The number of rotatable bonds is 3. The third-order valence-corrected chi connectivity index (χ3v) is 5.89. The summed E-state index contributed by atoms with van der Waals surface area (Å²) < 4.78 is 0. The van der Waals surface area contributed by atoms with Crippen LogP contribution in [0.3, 0.4) is 0 Å². The zero-order valence-electron chi connectivity index (χ0n) is 15.1. The van der Waals surface area contributed by atoms with Crippen LogP contribution in [0.4, 0.5) is 0 Å². The summed E-state index contributed by atoms with van der Waals surface area (Å²) in [5.41, 5.74) is 7.23. The quantitative estimate of drug-likeness (QED) is 0.522. The summed E-state index contributed by atoms with van der Waals surface area (Å²) in [5, 5.41) is 10.4. The smallest absolute Gasteiger partial charge is 0.112 e. The maximum Gasteiger partial charge on any atom is 0.112 e. The standard InChI is InChI=1S/C23H23N3/c1-15-8-10-19(17-5-2-3-6-17)20-13-16(9-11-18(15)20)14-22-23-21(25-26-22)7-4-12-24-23/h4,7-13,17H,2-3,5-6,14H2,1H3,(H,25,26). The Morgan fingerprint density at radius 1 is 1.04 bits per heavy atom. The highest BCUT2D eigenvalue weighted by molar-refractivity contribution is 5.90. The summed E-state index contributed by atoms with van der Waals surface area (Å²) in [6.45, 7) is 2.22. The maximum absolute atomic E-state index is 4.50. The molecule has 130 valence electrons. The van der Waals surface area contributed by atoms with E-state index in [2.05, 4.69) is 52.4 Å². The molecule has 0 saturated heterocycles. The van der Waals surface area contributed by atoms with Crippen molar-refractivity contribution in [3.63, 3.8) is 0 Å². The summed E-state index contributed by atoms with van der Waals surface area (Å²) in [5.74, 6) is 0.725. The fourth-order valence-electron chi connectivity index (χ4n) is 4.50. The van der Waals surface area contributed by atoms with Gasteiger partial charge in [-0.15, -0.1) is 0 Å². The fraction of sp³-hybridized carbons (Fsp3) is 0.304. The second-order valence-electron chi connectivity index (χ2n) is 7.58. The zero-order chi connectivity index (χ0) is 17.5. The molecule has 2 aromatic heterocycles. The summed E-state index contributed by atoms with van der Waals surface area (Å²) >= 11 is 0. The number of hydrogen-bond acceptors (Lipinski definition) is 2. The molecule has 0 radical (unpaired) electrons. The summed E-state index contributed by atoms with van der Waals surface area (Å²) in [6, 6.07) is 15.5. The van der Waals surface area contributed by atoms with Crippen molar-refractivity contribution >= 4 is 21.8 Å². The number of aromatic amines is 1. The molecule has 1 N–H and O–H groups in total. The molecule has 3 nitrogen and oxygen atoms in total. The van der Waals surface area contributed by atoms with E-state index in [1.54, 1.807) is 0 Å². The highest BCUT2D eigenvalue weighted by atomic mass is 15.1. The second kappa shape index (κ2) is 6.24.